The van der Waals surface area contributed by atoms with E-state index in [1.807, 2.05) is 13.8 Å². The van der Waals surface area contributed by atoms with Crippen LogP contribution in [0.1, 0.15) is 17.3 Å². The third kappa shape index (κ3) is 2.79. The van der Waals surface area contributed by atoms with Gasteiger partial charge in [-0.3, -0.25) is 0 Å². The van der Waals surface area contributed by atoms with Crippen LogP contribution in [0.15, 0.2) is 27.5 Å². The number of hydrogen-bond donors (Lipinski definition) is 1. The Kier molecular flexibility index (Phi) is 3.38. The van der Waals surface area contributed by atoms with E-state index in [0.29, 0.717) is 22.2 Å². The predicted molar refractivity (Wildman–Crippen MR) is 66.4 cm³/mol. The van der Waals surface area contributed by atoms with Crippen LogP contribution >= 0.6 is 11.8 Å². The summed E-state index contributed by atoms with van der Waals surface area (Å²) < 4.78 is 18.9. The topological polar surface area (TPSA) is 52.0 Å². The number of nitrogen functional groups attached to an aromatic ring is 1. The molecular formula is C12H13FN2OS. The number of aryl methyl sites for hydroxylation is 2. The number of hydrogen-bond acceptors (Lipinski definition) is 4. The lowest BCUT2D eigenvalue weighted by Crippen LogP contribution is -1.88. The van der Waals surface area contributed by atoms with E-state index in [-0.39, 0.29) is 5.82 Å². The van der Waals surface area contributed by atoms with E-state index in [1.54, 1.807) is 12.1 Å². The van der Waals surface area contributed by atoms with E-state index in [4.69, 9.17) is 10.2 Å². The van der Waals surface area contributed by atoms with Gasteiger partial charge in [0.25, 0.3) is 0 Å². The molecule has 1 aromatic heterocycles. The Bertz CT molecular complexity index is 520. The van der Waals surface area contributed by atoms with Crippen LogP contribution in [0.25, 0.3) is 0 Å². The van der Waals surface area contributed by atoms with Gasteiger partial charge in [0.15, 0.2) is 0 Å². The average molecular weight is 252 g/mol. The van der Waals surface area contributed by atoms with Gasteiger partial charge in [-0.25, -0.2) is 9.37 Å². The molecule has 0 bridgehead atoms. The summed E-state index contributed by atoms with van der Waals surface area (Å²) in [7, 11) is 0. The van der Waals surface area contributed by atoms with Crippen LogP contribution in [0.4, 0.5) is 10.1 Å². The maximum Gasteiger partial charge on any atom is 0.204 e. The van der Waals surface area contributed by atoms with Crippen molar-refractivity contribution in [2.45, 2.75) is 24.5 Å². The molecule has 2 rings (SSSR count). The number of benzene rings is 1. The first-order chi connectivity index (χ1) is 8.06. The van der Waals surface area contributed by atoms with Gasteiger partial charge in [-0.1, -0.05) is 0 Å². The van der Waals surface area contributed by atoms with Crippen molar-refractivity contribution in [2.75, 3.05) is 5.73 Å². The van der Waals surface area contributed by atoms with Crippen LogP contribution in [0.5, 0.6) is 0 Å². The minimum Gasteiger partial charge on any atom is -0.445 e. The Balaban J connectivity index is 2.07. The second-order valence-electron chi connectivity index (χ2n) is 3.73. The largest absolute Gasteiger partial charge is 0.445 e. The van der Waals surface area contributed by atoms with Crippen molar-refractivity contribution in [3.8, 4) is 0 Å². The summed E-state index contributed by atoms with van der Waals surface area (Å²) in [6, 6.07) is 4.66. The first kappa shape index (κ1) is 12.0. The van der Waals surface area contributed by atoms with Crippen molar-refractivity contribution in [3.63, 3.8) is 0 Å². The van der Waals surface area contributed by atoms with Crippen molar-refractivity contribution in [1.82, 2.24) is 4.98 Å². The molecule has 0 aliphatic heterocycles. The van der Waals surface area contributed by atoms with Crippen LogP contribution in [-0.4, -0.2) is 4.98 Å². The van der Waals surface area contributed by atoms with Gasteiger partial charge >= 0.3 is 0 Å². The number of oxazole rings is 1. The molecule has 5 heteroatoms. The molecule has 0 saturated carbocycles. The number of halogens is 1. The van der Waals surface area contributed by atoms with Gasteiger partial charge in [0, 0.05) is 10.6 Å². The van der Waals surface area contributed by atoms with Crippen LogP contribution in [0.3, 0.4) is 0 Å². The van der Waals surface area contributed by atoms with Gasteiger partial charge in [0.2, 0.25) is 5.89 Å². The number of nitrogens with zero attached hydrogens (tertiary/aromatic N) is 1. The van der Waals surface area contributed by atoms with Gasteiger partial charge in [-0.15, -0.1) is 11.8 Å². The second kappa shape index (κ2) is 4.79. The molecule has 1 heterocycles. The predicted octanol–water partition coefficient (Wildman–Crippen LogP) is 3.31. The number of rotatable bonds is 3. The third-order valence-electron chi connectivity index (χ3n) is 2.38. The Labute approximate surface area is 103 Å². The van der Waals surface area contributed by atoms with Gasteiger partial charge in [-0.05, 0) is 32.0 Å². The zero-order valence-corrected chi connectivity index (χ0v) is 10.5. The van der Waals surface area contributed by atoms with Crippen LogP contribution in [-0.2, 0) is 5.75 Å². The highest BCUT2D eigenvalue weighted by Gasteiger charge is 2.08. The van der Waals surface area contributed by atoms with Crippen molar-refractivity contribution in [2.24, 2.45) is 0 Å². The third-order valence-corrected chi connectivity index (χ3v) is 3.41. The normalized spacial score (nSPS) is 10.8. The highest BCUT2D eigenvalue weighted by molar-refractivity contribution is 7.98. The maximum absolute atomic E-state index is 13.5. The molecule has 17 heavy (non-hydrogen) atoms. The molecule has 0 aliphatic carbocycles. The van der Waals surface area contributed by atoms with E-state index in [2.05, 4.69) is 4.98 Å². The highest BCUT2D eigenvalue weighted by atomic mass is 32.2. The molecule has 0 aliphatic rings. The fraction of sp³-hybridized carbons (Fsp3) is 0.250. The minimum absolute atomic E-state index is 0.310. The fourth-order valence-corrected chi connectivity index (χ4v) is 2.14. The summed E-state index contributed by atoms with van der Waals surface area (Å²) in [4.78, 5) is 4.79. The Hall–Kier alpha value is -1.49. The molecule has 3 nitrogen and oxygen atoms in total. The standard InChI is InChI=1S/C12H13FN2OS/c1-7-8(2)16-12(15-7)6-17-11-4-3-9(14)5-10(11)13/h3-5H,6,14H2,1-2H3. The van der Waals surface area contributed by atoms with Crippen LogP contribution < -0.4 is 5.73 Å². The monoisotopic (exact) mass is 252 g/mol. The van der Waals surface area contributed by atoms with Crippen LogP contribution in [0, 0.1) is 19.7 Å². The van der Waals surface area contributed by atoms with Crippen LogP contribution in [0.2, 0.25) is 0 Å². The first-order valence-electron chi connectivity index (χ1n) is 5.17. The molecule has 0 unspecified atom stereocenters. The van der Waals surface area contributed by atoms with E-state index >= 15 is 0 Å². The van der Waals surface area contributed by atoms with Crippen molar-refractivity contribution < 1.29 is 8.81 Å². The summed E-state index contributed by atoms with van der Waals surface area (Å²) >= 11 is 1.34. The molecule has 0 radical (unpaired) electrons. The number of thioether (sulfide) groups is 1. The molecule has 1 aromatic carbocycles. The maximum atomic E-state index is 13.5. The summed E-state index contributed by atoms with van der Waals surface area (Å²) in [5, 5.41) is 0. The van der Waals surface area contributed by atoms with Gasteiger partial charge in [0.05, 0.1) is 11.4 Å². The van der Waals surface area contributed by atoms with E-state index in [9.17, 15) is 4.39 Å². The highest BCUT2D eigenvalue weighted by Crippen LogP contribution is 2.27. The van der Waals surface area contributed by atoms with E-state index in [0.717, 1.165) is 11.5 Å². The van der Waals surface area contributed by atoms with Gasteiger partial charge in [0.1, 0.15) is 11.6 Å². The summed E-state index contributed by atoms with van der Waals surface area (Å²) in [5.74, 6) is 1.62. The summed E-state index contributed by atoms with van der Waals surface area (Å²) in [6.07, 6.45) is 0. The molecule has 2 aromatic rings. The quantitative estimate of drug-likeness (QED) is 0.672. The molecule has 0 spiro atoms. The van der Waals surface area contributed by atoms with E-state index < -0.39 is 0 Å². The smallest absolute Gasteiger partial charge is 0.204 e. The Morgan fingerprint density at radius 3 is 2.76 bits per heavy atom. The molecule has 0 fully saturated rings. The average Bonchev–Trinajstić information content (AvgIpc) is 2.57. The SMILES string of the molecule is Cc1nc(CSc2ccc(N)cc2F)oc1C. The molecule has 2 N–H and O–H groups in total. The molecule has 90 valence electrons. The number of aromatic nitrogens is 1. The number of nitrogens with two attached hydrogens (primary N) is 1. The molecule has 0 amide bonds. The second-order valence-corrected chi connectivity index (χ2v) is 4.74. The summed E-state index contributed by atoms with van der Waals surface area (Å²) in [5.41, 5.74) is 6.78. The lowest BCUT2D eigenvalue weighted by atomic mass is 10.3. The van der Waals surface area contributed by atoms with E-state index in [1.165, 1.54) is 17.8 Å². The van der Waals surface area contributed by atoms with Gasteiger partial charge in [-0.2, -0.15) is 0 Å². The zero-order chi connectivity index (χ0) is 12.4. The molecule has 0 saturated heterocycles. The minimum atomic E-state index is -0.310. The fourth-order valence-electron chi connectivity index (χ4n) is 1.37. The van der Waals surface area contributed by atoms with Crippen molar-refractivity contribution in [3.05, 3.63) is 41.4 Å². The zero-order valence-electron chi connectivity index (χ0n) is 9.66. The van der Waals surface area contributed by atoms with Gasteiger partial charge < -0.3 is 10.2 Å². The molecule has 0 atom stereocenters. The Morgan fingerprint density at radius 2 is 2.18 bits per heavy atom. The van der Waals surface area contributed by atoms with Crippen molar-refractivity contribution >= 4 is 17.4 Å². The molecular weight excluding hydrogens is 239 g/mol. The first-order valence-corrected chi connectivity index (χ1v) is 6.15. The summed E-state index contributed by atoms with van der Waals surface area (Å²) in [6.45, 7) is 3.75. The number of anilines is 1. The van der Waals surface area contributed by atoms with Crippen molar-refractivity contribution in [1.29, 1.82) is 0 Å². The lowest BCUT2D eigenvalue weighted by molar-refractivity contribution is 0.489. The Morgan fingerprint density at radius 1 is 1.41 bits per heavy atom. The lowest BCUT2D eigenvalue weighted by Gasteiger charge is -2.01.